The maximum Gasteiger partial charge on any atom is 0.341 e. The standard InChI is InChI=1S/C16H14FN5O3S/c1-8-18-16(26-20-8)22-7-10(15(24)25)12(23)9-6-11(17)14(19-13(9)22)21-4-2-3-5-21/h6-7H,2-5H2,1H3,(H,24,25). The average Bonchev–Trinajstić information content (AvgIpc) is 3.26. The van der Waals surface area contributed by atoms with E-state index in [9.17, 15) is 19.1 Å². The van der Waals surface area contributed by atoms with Gasteiger partial charge in [-0.1, -0.05) is 0 Å². The largest absolute Gasteiger partial charge is 0.477 e. The van der Waals surface area contributed by atoms with Crippen molar-refractivity contribution in [2.24, 2.45) is 0 Å². The molecule has 0 radical (unpaired) electrons. The molecule has 4 rings (SSSR count). The molecular weight excluding hydrogens is 361 g/mol. The van der Waals surface area contributed by atoms with Gasteiger partial charge in [-0.3, -0.25) is 9.36 Å². The van der Waals surface area contributed by atoms with Crippen molar-refractivity contribution >= 4 is 34.4 Å². The van der Waals surface area contributed by atoms with Crippen molar-refractivity contribution in [3.8, 4) is 5.13 Å². The van der Waals surface area contributed by atoms with E-state index < -0.39 is 22.8 Å². The molecule has 0 aromatic carbocycles. The van der Waals surface area contributed by atoms with E-state index in [1.54, 1.807) is 6.92 Å². The molecule has 1 N–H and O–H groups in total. The van der Waals surface area contributed by atoms with E-state index in [0.717, 1.165) is 30.4 Å². The van der Waals surface area contributed by atoms with Gasteiger partial charge in [0, 0.05) is 30.8 Å². The second-order valence-corrected chi connectivity index (χ2v) is 6.76. The molecule has 4 heterocycles. The topological polar surface area (TPSA) is 101 Å². The third-order valence-corrected chi connectivity index (χ3v) is 5.08. The first-order chi connectivity index (χ1) is 12.5. The van der Waals surface area contributed by atoms with E-state index in [1.165, 1.54) is 10.8 Å². The van der Waals surface area contributed by atoms with Gasteiger partial charge >= 0.3 is 5.97 Å². The van der Waals surface area contributed by atoms with E-state index in [4.69, 9.17) is 0 Å². The number of rotatable bonds is 3. The number of pyridine rings is 2. The molecule has 0 saturated carbocycles. The van der Waals surface area contributed by atoms with Crippen molar-refractivity contribution < 1.29 is 14.3 Å². The van der Waals surface area contributed by atoms with Crippen LogP contribution in [-0.2, 0) is 0 Å². The summed E-state index contributed by atoms with van der Waals surface area (Å²) in [5, 5.41) is 9.59. The Kier molecular flexibility index (Phi) is 3.91. The number of hydrogen-bond acceptors (Lipinski definition) is 7. The quantitative estimate of drug-likeness (QED) is 0.747. The number of hydrogen-bond donors (Lipinski definition) is 1. The third-order valence-electron chi connectivity index (χ3n) is 4.27. The normalized spacial score (nSPS) is 14.3. The molecule has 3 aromatic rings. The van der Waals surface area contributed by atoms with Gasteiger partial charge in [0.05, 0.1) is 5.39 Å². The van der Waals surface area contributed by atoms with Gasteiger partial charge < -0.3 is 10.0 Å². The SMILES string of the molecule is Cc1nsc(-n2cc(C(=O)O)c(=O)c3cc(F)c(N4CCCC4)nc32)n1. The van der Waals surface area contributed by atoms with Gasteiger partial charge in [-0.05, 0) is 25.8 Å². The van der Waals surface area contributed by atoms with Crippen LogP contribution in [0.5, 0.6) is 0 Å². The number of fused-ring (bicyclic) bond motifs is 1. The number of carboxylic acid groups (broad SMARTS) is 1. The molecule has 1 fully saturated rings. The summed E-state index contributed by atoms with van der Waals surface area (Å²) in [6, 6.07) is 1.06. The lowest BCUT2D eigenvalue weighted by Crippen LogP contribution is -2.23. The van der Waals surface area contributed by atoms with Crippen LogP contribution in [0.25, 0.3) is 16.2 Å². The molecule has 10 heteroatoms. The average molecular weight is 375 g/mol. The number of aryl methyl sites for hydroxylation is 1. The second kappa shape index (κ2) is 6.13. The smallest absolute Gasteiger partial charge is 0.341 e. The molecule has 1 saturated heterocycles. The van der Waals surface area contributed by atoms with Gasteiger partial charge in [0.15, 0.2) is 17.3 Å². The minimum absolute atomic E-state index is 0.0989. The van der Waals surface area contributed by atoms with Crippen LogP contribution in [-0.4, -0.2) is 43.1 Å². The highest BCUT2D eigenvalue weighted by atomic mass is 32.1. The van der Waals surface area contributed by atoms with E-state index in [0.29, 0.717) is 24.0 Å². The third kappa shape index (κ3) is 2.62. The predicted octanol–water partition coefficient (Wildman–Crippen LogP) is 1.98. The zero-order valence-electron chi connectivity index (χ0n) is 13.8. The molecule has 0 spiro atoms. The Labute approximate surface area is 150 Å². The highest BCUT2D eigenvalue weighted by Crippen LogP contribution is 2.26. The van der Waals surface area contributed by atoms with Gasteiger partial charge in [-0.2, -0.15) is 4.37 Å². The van der Waals surface area contributed by atoms with Gasteiger partial charge in [0.25, 0.3) is 0 Å². The highest BCUT2D eigenvalue weighted by Gasteiger charge is 2.23. The summed E-state index contributed by atoms with van der Waals surface area (Å²) in [6.45, 7) is 3.07. The fourth-order valence-corrected chi connectivity index (χ4v) is 3.70. The van der Waals surface area contributed by atoms with Crippen LogP contribution in [0.15, 0.2) is 17.1 Å². The van der Waals surface area contributed by atoms with Gasteiger partial charge in [-0.15, -0.1) is 0 Å². The van der Waals surface area contributed by atoms with Crippen LogP contribution in [0.1, 0.15) is 29.0 Å². The molecule has 1 aliphatic rings. The zero-order valence-corrected chi connectivity index (χ0v) is 14.6. The maximum absolute atomic E-state index is 14.6. The van der Waals surface area contributed by atoms with Crippen molar-refractivity contribution in [3.63, 3.8) is 0 Å². The molecule has 8 nitrogen and oxygen atoms in total. The van der Waals surface area contributed by atoms with Crippen LogP contribution in [0.2, 0.25) is 0 Å². The molecular formula is C16H14FN5O3S. The summed E-state index contributed by atoms with van der Waals surface area (Å²) in [5.41, 5.74) is -1.08. The summed E-state index contributed by atoms with van der Waals surface area (Å²) in [5.74, 6) is -1.36. The van der Waals surface area contributed by atoms with Crippen LogP contribution < -0.4 is 10.3 Å². The number of aromatic carboxylic acids is 1. The van der Waals surface area contributed by atoms with Gasteiger partial charge in [0.1, 0.15) is 11.4 Å². The summed E-state index contributed by atoms with van der Waals surface area (Å²) in [4.78, 5) is 34.4. The predicted molar refractivity (Wildman–Crippen MR) is 93.9 cm³/mol. The van der Waals surface area contributed by atoms with Crippen molar-refractivity contribution in [2.45, 2.75) is 19.8 Å². The molecule has 134 valence electrons. The van der Waals surface area contributed by atoms with Crippen molar-refractivity contribution in [3.05, 3.63) is 39.7 Å². The van der Waals surface area contributed by atoms with Crippen LogP contribution >= 0.6 is 11.5 Å². The monoisotopic (exact) mass is 375 g/mol. The lowest BCUT2D eigenvalue weighted by Gasteiger charge is -2.18. The summed E-state index contributed by atoms with van der Waals surface area (Å²) in [7, 11) is 0. The number of halogens is 1. The number of anilines is 1. The van der Waals surface area contributed by atoms with E-state index in [-0.39, 0.29) is 16.9 Å². The summed E-state index contributed by atoms with van der Waals surface area (Å²) >= 11 is 1.05. The molecule has 0 bridgehead atoms. The van der Waals surface area contributed by atoms with E-state index >= 15 is 0 Å². The minimum Gasteiger partial charge on any atom is -0.477 e. The first kappa shape index (κ1) is 16.6. The fourth-order valence-electron chi connectivity index (χ4n) is 3.05. The van der Waals surface area contributed by atoms with E-state index in [1.807, 2.05) is 4.90 Å². The Hall–Kier alpha value is -2.88. The molecule has 0 amide bonds. The Morgan fingerprint density at radius 1 is 1.31 bits per heavy atom. The minimum atomic E-state index is -1.39. The Morgan fingerprint density at radius 2 is 2.04 bits per heavy atom. The summed E-state index contributed by atoms with van der Waals surface area (Å²) < 4.78 is 20.1. The molecule has 0 aliphatic carbocycles. The number of nitrogens with zero attached hydrogens (tertiary/aromatic N) is 5. The molecule has 26 heavy (non-hydrogen) atoms. The second-order valence-electron chi connectivity index (χ2n) is 6.03. The number of carbonyl (C=O) groups is 1. The molecule has 3 aromatic heterocycles. The lowest BCUT2D eigenvalue weighted by molar-refractivity contribution is 0.0695. The number of aromatic nitrogens is 4. The van der Waals surface area contributed by atoms with Crippen LogP contribution in [0, 0.1) is 12.7 Å². The highest BCUT2D eigenvalue weighted by molar-refractivity contribution is 7.08. The molecule has 0 unspecified atom stereocenters. The van der Waals surface area contributed by atoms with Gasteiger partial charge in [0.2, 0.25) is 10.6 Å². The Balaban J connectivity index is 2.06. The number of carboxylic acids is 1. The fraction of sp³-hybridized carbons (Fsp3) is 0.312. The Bertz CT molecular complexity index is 1090. The zero-order chi connectivity index (χ0) is 18.4. The first-order valence-electron chi connectivity index (χ1n) is 8.00. The van der Waals surface area contributed by atoms with Crippen molar-refractivity contribution in [2.75, 3.05) is 18.0 Å². The summed E-state index contributed by atoms with van der Waals surface area (Å²) in [6.07, 6.45) is 3.06. The first-order valence-corrected chi connectivity index (χ1v) is 8.78. The van der Waals surface area contributed by atoms with Gasteiger partial charge in [-0.25, -0.2) is 19.2 Å². The van der Waals surface area contributed by atoms with E-state index in [2.05, 4.69) is 14.3 Å². The lowest BCUT2D eigenvalue weighted by atomic mass is 10.2. The van der Waals surface area contributed by atoms with Crippen LogP contribution in [0.3, 0.4) is 0 Å². The molecule has 0 atom stereocenters. The maximum atomic E-state index is 14.6. The molecule has 1 aliphatic heterocycles. The van der Waals surface area contributed by atoms with Crippen molar-refractivity contribution in [1.82, 2.24) is 18.9 Å². The Morgan fingerprint density at radius 3 is 2.65 bits per heavy atom. The van der Waals surface area contributed by atoms with Crippen LogP contribution in [0.4, 0.5) is 10.2 Å². The van der Waals surface area contributed by atoms with Crippen molar-refractivity contribution in [1.29, 1.82) is 0 Å².